The summed E-state index contributed by atoms with van der Waals surface area (Å²) in [4.78, 5) is 33.0. The van der Waals surface area contributed by atoms with Gasteiger partial charge in [0.25, 0.3) is 0 Å². The van der Waals surface area contributed by atoms with Crippen LogP contribution in [0, 0.1) is 0 Å². The molecule has 2 aromatic carbocycles. The van der Waals surface area contributed by atoms with Gasteiger partial charge in [0, 0.05) is 17.3 Å². The van der Waals surface area contributed by atoms with Gasteiger partial charge in [-0.1, -0.05) is 67.2 Å². The maximum atomic E-state index is 13.5. The molecule has 0 saturated heterocycles. The lowest BCUT2D eigenvalue weighted by molar-refractivity contribution is -0.141. The molecular weight excluding hydrogens is 474 g/mol. The lowest BCUT2D eigenvalue weighted by atomic mass is 9.93. The second-order valence-corrected chi connectivity index (χ2v) is 9.59. The van der Waals surface area contributed by atoms with Crippen LogP contribution < -0.4 is 10.1 Å². The number of aliphatic imine (C=N–C) groups is 1. The van der Waals surface area contributed by atoms with Crippen LogP contribution in [0.25, 0.3) is 0 Å². The molecule has 0 unspecified atom stereocenters. The highest BCUT2D eigenvalue weighted by atomic mass is 32.2. The molecule has 8 heteroatoms. The number of esters is 1. The van der Waals surface area contributed by atoms with E-state index in [0.29, 0.717) is 22.2 Å². The SMILES string of the molecule is CC[C@H](C)NC(=O)CC1=CSC2=NC(C)=C(C(=O)OCc3ccccc3)[C@@H](c3ccccc3OC)N12. The number of carbonyl (C=O) groups excluding carboxylic acids is 2. The van der Waals surface area contributed by atoms with Crippen molar-refractivity contribution in [1.29, 1.82) is 0 Å². The molecule has 2 aliphatic rings. The molecular formula is C28H31N3O4S. The van der Waals surface area contributed by atoms with Crippen LogP contribution in [0.2, 0.25) is 0 Å². The number of amides is 1. The molecule has 0 aliphatic carbocycles. The smallest absolute Gasteiger partial charge is 0.338 e. The molecule has 4 rings (SSSR count). The average Bonchev–Trinajstić information content (AvgIpc) is 3.28. The Morgan fingerprint density at radius 2 is 1.86 bits per heavy atom. The molecule has 0 bridgehead atoms. The highest BCUT2D eigenvalue weighted by Gasteiger charge is 2.42. The highest BCUT2D eigenvalue weighted by Crippen LogP contribution is 2.46. The van der Waals surface area contributed by atoms with Crippen molar-refractivity contribution in [2.75, 3.05) is 7.11 Å². The zero-order valence-corrected chi connectivity index (χ0v) is 21.8. The van der Waals surface area contributed by atoms with Gasteiger partial charge in [0.05, 0.1) is 30.8 Å². The molecule has 0 fully saturated rings. The Hall–Kier alpha value is -3.52. The first-order valence-electron chi connectivity index (χ1n) is 12.0. The van der Waals surface area contributed by atoms with Gasteiger partial charge in [-0.2, -0.15) is 0 Å². The van der Waals surface area contributed by atoms with Gasteiger partial charge in [-0.15, -0.1) is 0 Å². The van der Waals surface area contributed by atoms with Gasteiger partial charge < -0.3 is 19.7 Å². The summed E-state index contributed by atoms with van der Waals surface area (Å²) in [6.07, 6.45) is 1.02. The maximum absolute atomic E-state index is 13.5. The number of ether oxygens (including phenoxy) is 2. The van der Waals surface area contributed by atoms with E-state index < -0.39 is 12.0 Å². The number of allylic oxidation sites excluding steroid dienone is 1. The summed E-state index contributed by atoms with van der Waals surface area (Å²) in [5.41, 5.74) is 3.48. The van der Waals surface area contributed by atoms with Crippen molar-refractivity contribution < 1.29 is 19.1 Å². The molecule has 36 heavy (non-hydrogen) atoms. The molecule has 0 spiro atoms. The summed E-state index contributed by atoms with van der Waals surface area (Å²) in [7, 11) is 1.61. The lowest BCUT2D eigenvalue weighted by Crippen LogP contribution is -2.39. The molecule has 0 aromatic heterocycles. The van der Waals surface area contributed by atoms with Crippen LogP contribution in [-0.2, 0) is 20.9 Å². The van der Waals surface area contributed by atoms with E-state index in [2.05, 4.69) is 5.32 Å². The zero-order chi connectivity index (χ0) is 25.7. The molecule has 2 heterocycles. The third-order valence-electron chi connectivity index (χ3n) is 6.23. The monoisotopic (exact) mass is 505 g/mol. The number of methoxy groups -OCH3 is 1. The summed E-state index contributed by atoms with van der Waals surface area (Å²) in [6.45, 7) is 5.98. The number of benzene rings is 2. The number of amidine groups is 1. The first kappa shape index (κ1) is 25.6. The predicted molar refractivity (Wildman–Crippen MR) is 142 cm³/mol. The lowest BCUT2D eigenvalue weighted by Gasteiger charge is -2.36. The number of thioether (sulfide) groups is 1. The average molecular weight is 506 g/mol. The second-order valence-electron chi connectivity index (χ2n) is 8.75. The van der Waals surface area contributed by atoms with E-state index in [4.69, 9.17) is 14.5 Å². The summed E-state index contributed by atoms with van der Waals surface area (Å²) in [5, 5.41) is 5.68. The molecule has 2 aromatic rings. The van der Waals surface area contributed by atoms with Gasteiger partial charge in [-0.25, -0.2) is 9.79 Å². The van der Waals surface area contributed by atoms with Crippen molar-refractivity contribution in [3.8, 4) is 5.75 Å². The minimum atomic E-state index is -0.547. The van der Waals surface area contributed by atoms with E-state index in [-0.39, 0.29) is 25.0 Å². The number of nitrogens with zero attached hydrogens (tertiary/aromatic N) is 2. The van der Waals surface area contributed by atoms with E-state index in [1.165, 1.54) is 11.8 Å². The molecule has 1 N–H and O–H groups in total. The highest BCUT2D eigenvalue weighted by molar-refractivity contribution is 8.16. The van der Waals surface area contributed by atoms with Crippen molar-refractivity contribution >= 4 is 28.8 Å². The van der Waals surface area contributed by atoms with Gasteiger partial charge in [0.15, 0.2) is 5.17 Å². The molecule has 1 amide bonds. The summed E-state index contributed by atoms with van der Waals surface area (Å²) < 4.78 is 11.4. The molecule has 7 nitrogen and oxygen atoms in total. The summed E-state index contributed by atoms with van der Waals surface area (Å²) in [6, 6.07) is 16.7. The quantitative estimate of drug-likeness (QED) is 0.465. The van der Waals surface area contributed by atoms with Crippen molar-refractivity contribution in [2.45, 2.75) is 52.3 Å². The fourth-order valence-electron chi connectivity index (χ4n) is 4.21. The largest absolute Gasteiger partial charge is 0.496 e. The number of hydrogen-bond donors (Lipinski definition) is 1. The van der Waals surface area contributed by atoms with Gasteiger partial charge in [-0.3, -0.25) is 4.79 Å². The Bertz CT molecular complexity index is 1220. The van der Waals surface area contributed by atoms with Crippen molar-refractivity contribution in [2.24, 2.45) is 4.99 Å². The fourth-order valence-corrected chi connectivity index (χ4v) is 5.17. The van der Waals surface area contributed by atoms with Gasteiger partial charge in [0.2, 0.25) is 5.91 Å². The first-order valence-corrected chi connectivity index (χ1v) is 12.9. The number of carbonyl (C=O) groups is 2. The molecule has 2 atom stereocenters. The molecule has 188 valence electrons. The van der Waals surface area contributed by atoms with Crippen LogP contribution in [0.5, 0.6) is 5.75 Å². The van der Waals surface area contributed by atoms with Crippen LogP contribution in [0.15, 0.2) is 82.0 Å². The van der Waals surface area contributed by atoms with E-state index in [1.807, 2.05) is 85.7 Å². The summed E-state index contributed by atoms with van der Waals surface area (Å²) >= 11 is 1.45. The topological polar surface area (TPSA) is 80.2 Å². The van der Waals surface area contributed by atoms with Crippen molar-refractivity contribution in [1.82, 2.24) is 10.2 Å². The Kier molecular flexibility index (Phi) is 8.15. The number of fused-ring (bicyclic) bond motifs is 1. The number of rotatable bonds is 9. The third kappa shape index (κ3) is 5.49. The van der Waals surface area contributed by atoms with E-state index in [1.54, 1.807) is 7.11 Å². The van der Waals surface area contributed by atoms with Crippen molar-refractivity contribution in [3.63, 3.8) is 0 Å². The van der Waals surface area contributed by atoms with Gasteiger partial charge in [-0.05, 0) is 37.3 Å². The zero-order valence-electron chi connectivity index (χ0n) is 21.0. The van der Waals surface area contributed by atoms with Crippen molar-refractivity contribution in [3.05, 3.63) is 88.1 Å². The minimum absolute atomic E-state index is 0.0734. The number of nitrogens with one attached hydrogen (secondary N) is 1. The minimum Gasteiger partial charge on any atom is -0.496 e. The van der Waals surface area contributed by atoms with Gasteiger partial charge in [0.1, 0.15) is 12.4 Å². The molecule has 0 radical (unpaired) electrons. The standard InChI is InChI=1S/C28H31N3O4S/c1-5-18(2)29-24(32)15-21-17-36-28-30-19(3)25(27(33)35-16-20-11-7-6-8-12-20)26(31(21)28)22-13-9-10-14-23(22)34-4/h6-14,17-18,26H,5,15-16H2,1-4H3,(H,29,32)/t18-,26+/m0/s1. The van der Waals surface area contributed by atoms with E-state index in [9.17, 15) is 9.59 Å². The number of hydrogen-bond acceptors (Lipinski definition) is 7. The van der Waals surface area contributed by atoms with Crippen LogP contribution in [0.3, 0.4) is 0 Å². The predicted octanol–water partition coefficient (Wildman–Crippen LogP) is 5.32. The fraction of sp³-hybridized carbons (Fsp3) is 0.321. The van der Waals surface area contributed by atoms with Gasteiger partial charge >= 0.3 is 5.97 Å². The maximum Gasteiger partial charge on any atom is 0.338 e. The normalized spacial score (nSPS) is 17.7. The Morgan fingerprint density at radius 3 is 2.58 bits per heavy atom. The first-order chi connectivity index (χ1) is 17.4. The Balaban J connectivity index is 1.69. The van der Waals surface area contributed by atoms with E-state index in [0.717, 1.165) is 23.2 Å². The molecule has 2 aliphatic heterocycles. The third-order valence-corrected chi connectivity index (χ3v) is 7.12. The Labute approximate surface area is 216 Å². The van der Waals surface area contributed by atoms with Crippen LogP contribution in [0.4, 0.5) is 0 Å². The number of para-hydroxylation sites is 1. The summed E-state index contributed by atoms with van der Waals surface area (Å²) in [5.74, 6) is 0.122. The Morgan fingerprint density at radius 1 is 1.14 bits per heavy atom. The second kappa shape index (κ2) is 11.5. The van der Waals surface area contributed by atoms with E-state index >= 15 is 0 Å². The molecule has 0 saturated carbocycles. The van der Waals surface area contributed by atoms with Crippen LogP contribution >= 0.6 is 11.8 Å². The van der Waals surface area contributed by atoms with Crippen LogP contribution in [0.1, 0.15) is 50.8 Å². The van der Waals surface area contributed by atoms with Crippen LogP contribution in [-0.4, -0.2) is 35.1 Å².